The van der Waals surface area contributed by atoms with Gasteiger partial charge in [-0.3, -0.25) is 4.79 Å². The van der Waals surface area contributed by atoms with Crippen LogP contribution in [0.1, 0.15) is 24.8 Å². The fourth-order valence-corrected chi connectivity index (χ4v) is 2.77. The summed E-state index contributed by atoms with van der Waals surface area (Å²) in [4.78, 5) is 11.8. The molecular formula is C13H14BrF2NO. The zero-order valence-corrected chi connectivity index (χ0v) is 11.4. The van der Waals surface area contributed by atoms with Gasteiger partial charge in [0.1, 0.15) is 11.6 Å². The predicted octanol–water partition coefficient (Wildman–Crippen LogP) is 2.94. The molecule has 0 saturated heterocycles. The van der Waals surface area contributed by atoms with Crippen molar-refractivity contribution >= 4 is 21.8 Å². The highest BCUT2D eigenvalue weighted by molar-refractivity contribution is 9.09. The number of nitrogens with one attached hydrogen (secondary N) is 1. The van der Waals surface area contributed by atoms with E-state index in [2.05, 4.69) is 21.2 Å². The molecule has 2 rings (SSSR count). The Hall–Kier alpha value is -0.970. The molecular weight excluding hydrogens is 304 g/mol. The average Bonchev–Trinajstić information content (AvgIpc) is 2.27. The van der Waals surface area contributed by atoms with E-state index in [4.69, 9.17) is 0 Å². The maximum Gasteiger partial charge on any atom is 0.224 e. The van der Waals surface area contributed by atoms with Crippen LogP contribution in [0.25, 0.3) is 0 Å². The monoisotopic (exact) mass is 317 g/mol. The molecule has 1 aliphatic rings. The van der Waals surface area contributed by atoms with Gasteiger partial charge in [0.05, 0.1) is 6.42 Å². The van der Waals surface area contributed by atoms with E-state index in [0.717, 1.165) is 31.4 Å². The molecule has 0 unspecified atom stereocenters. The van der Waals surface area contributed by atoms with E-state index >= 15 is 0 Å². The van der Waals surface area contributed by atoms with E-state index in [0.29, 0.717) is 5.33 Å². The molecule has 1 aliphatic carbocycles. The van der Waals surface area contributed by atoms with Crippen molar-refractivity contribution in [1.82, 2.24) is 5.32 Å². The third kappa shape index (κ3) is 2.88. The largest absolute Gasteiger partial charge is 0.350 e. The van der Waals surface area contributed by atoms with Crippen molar-refractivity contribution < 1.29 is 13.6 Å². The molecule has 0 aromatic heterocycles. The summed E-state index contributed by atoms with van der Waals surface area (Å²) >= 11 is 3.38. The lowest BCUT2D eigenvalue weighted by atomic mass is 9.78. The number of hydrogen-bond acceptors (Lipinski definition) is 1. The Morgan fingerprint density at radius 2 is 2.11 bits per heavy atom. The van der Waals surface area contributed by atoms with Gasteiger partial charge in [0.15, 0.2) is 0 Å². The first-order chi connectivity index (χ1) is 8.54. The Labute approximate surface area is 113 Å². The number of carbonyl (C=O) groups excluding carboxylic acids is 1. The maximum absolute atomic E-state index is 13.4. The highest BCUT2D eigenvalue weighted by Crippen LogP contribution is 2.33. The van der Waals surface area contributed by atoms with E-state index in [9.17, 15) is 13.6 Å². The maximum atomic E-state index is 13.4. The second-order valence-corrected chi connectivity index (χ2v) is 5.29. The fourth-order valence-electron chi connectivity index (χ4n) is 2.07. The molecule has 5 heteroatoms. The third-order valence-electron chi connectivity index (χ3n) is 3.34. The summed E-state index contributed by atoms with van der Waals surface area (Å²) < 4.78 is 26.1. The number of halogens is 3. The summed E-state index contributed by atoms with van der Waals surface area (Å²) in [6.45, 7) is 0. The number of rotatable bonds is 4. The Balaban J connectivity index is 1.98. The Morgan fingerprint density at radius 3 is 2.61 bits per heavy atom. The summed E-state index contributed by atoms with van der Waals surface area (Å²) in [5.41, 5.74) is 0.0473. The van der Waals surface area contributed by atoms with Gasteiger partial charge in [0.2, 0.25) is 5.91 Å². The van der Waals surface area contributed by atoms with Crippen molar-refractivity contribution in [1.29, 1.82) is 0 Å². The van der Waals surface area contributed by atoms with Crippen LogP contribution in [-0.4, -0.2) is 16.8 Å². The molecule has 0 bridgehead atoms. The van der Waals surface area contributed by atoms with Crippen LogP contribution in [0, 0.1) is 11.6 Å². The molecule has 1 aromatic rings. The number of hydrogen-bond donors (Lipinski definition) is 1. The minimum absolute atomic E-state index is 0.0547. The molecule has 0 radical (unpaired) electrons. The van der Waals surface area contributed by atoms with Gasteiger partial charge in [0.25, 0.3) is 0 Å². The summed E-state index contributed by atoms with van der Waals surface area (Å²) in [7, 11) is 0. The van der Waals surface area contributed by atoms with Crippen LogP contribution >= 0.6 is 15.9 Å². The van der Waals surface area contributed by atoms with Crippen LogP contribution < -0.4 is 5.32 Å². The van der Waals surface area contributed by atoms with Gasteiger partial charge in [-0.2, -0.15) is 0 Å². The van der Waals surface area contributed by atoms with Gasteiger partial charge in [-0.25, -0.2) is 8.78 Å². The lowest BCUT2D eigenvalue weighted by molar-refractivity contribution is -0.123. The second-order valence-electron chi connectivity index (χ2n) is 4.73. The van der Waals surface area contributed by atoms with E-state index < -0.39 is 11.6 Å². The molecule has 1 aromatic carbocycles. The normalized spacial score (nSPS) is 17.1. The predicted molar refractivity (Wildman–Crippen MR) is 68.6 cm³/mol. The van der Waals surface area contributed by atoms with Crippen LogP contribution in [0.5, 0.6) is 0 Å². The molecule has 1 N–H and O–H groups in total. The zero-order chi connectivity index (χ0) is 13.2. The minimum atomic E-state index is -0.674. The van der Waals surface area contributed by atoms with Gasteiger partial charge < -0.3 is 5.32 Å². The van der Waals surface area contributed by atoms with Gasteiger partial charge in [-0.15, -0.1) is 0 Å². The SMILES string of the molecule is O=C(Cc1ccc(F)cc1F)NC1(CBr)CCC1. The van der Waals surface area contributed by atoms with Crippen molar-refractivity contribution in [2.75, 3.05) is 5.33 Å². The number of amides is 1. The van der Waals surface area contributed by atoms with Crippen molar-refractivity contribution in [3.05, 3.63) is 35.4 Å². The number of alkyl halides is 1. The van der Waals surface area contributed by atoms with Crippen LogP contribution in [-0.2, 0) is 11.2 Å². The lowest BCUT2D eigenvalue weighted by Crippen LogP contribution is -2.55. The summed E-state index contributed by atoms with van der Waals surface area (Å²) in [5, 5.41) is 3.63. The summed E-state index contributed by atoms with van der Waals surface area (Å²) in [6.07, 6.45) is 2.92. The van der Waals surface area contributed by atoms with Crippen LogP contribution in [0.3, 0.4) is 0 Å². The standard InChI is InChI=1S/C13H14BrF2NO/c14-8-13(4-1-5-13)17-12(18)6-9-2-3-10(15)7-11(9)16/h2-3,7H,1,4-6,8H2,(H,17,18). The molecule has 1 amide bonds. The van der Waals surface area contributed by atoms with Crippen LogP contribution in [0.4, 0.5) is 8.78 Å². The van der Waals surface area contributed by atoms with Crippen LogP contribution in [0.2, 0.25) is 0 Å². The smallest absolute Gasteiger partial charge is 0.224 e. The molecule has 1 fully saturated rings. The van der Waals surface area contributed by atoms with E-state index in [1.54, 1.807) is 0 Å². The average molecular weight is 318 g/mol. The fraction of sp³-hybridized carbons (Fsp3) is 0.462. The Morgan fingerprint density at radius 1 is 1.39 bits per heavy atom. The molecule has 0 aliphatic heterocycles. The molecule has 98 valence electrons. The molecule has 2 nitrogen and oxygen atoms in total. The molecule has 0 atom stereocenters. The quantitative estimate of drug-likeness (QED) is 0.850. The molecule has 0 heterocycles. The van der Waals surface area contributed by atoms with Gasteiger partial charge in [-0.1, -0.05) is 22.0 Å². The van der Waals surface area contributed by atoms with Crippen molar-refractivity contribution in [3.63, 3.8) is 0 Å². The van der Waals surface area contributed by atoms with E-state index in [1.807, 2.05) is 0 Å². The molecule has 18 heavy (non-hydrogen) atoms. The lowest BCUT2D eigenvalue weighted by Gasteiger charge is -2.41. The first-order valence-electron chi connectivity index (χ1n) is 5.86. The highest BCUT2D eigenvalue weighted by Gasteiger charge is 2.37. The Kier molecular flexibility index (Phi) is 4.00. The Bertz CT molecular complexity index is 455. The summed E-state index contributed by atoms with van der Waals surface area (Å²) in [6, 6.07) is 3.27. The molecule has 0 spiro atoms. The topological polar surface area (TPSA) is 29.1 Å². The van der Waals surface area contributed by atoms with Crippen molar-refractivity contribution in [2.24, 2.45) is 0 Å². The zero-order valence-electron chi connectivity index (χ0n) is 9.81. The first-order valence-corrected chi connectivity index (χ1v) is 6.98. The van der Waals surface area contributed by atoms with Crippen molar-refractivity contribution in [2.45, 2.75) is 31.2 Å². The van der Waals surface area contributed by atoms with Crippen molar-refractivity contribution in [3.8, 4) is 0 Å². The molecule has 1 saturated carbocycles. The number of carbonyl (C=O) groups is 1. The number of benzene rings is 1. The van der Waals surface area contributed by atoms with E-state index in [-0.39, 0.29) is 23.4 Å². The highest BCUT2D eigenvalue weighted by atomic mass is 79.9. The first kappa shape index (κ1) is 13.5. The third-order valence-corrected chi connectivity index (χ3v) is 4.41. The van der Waals surface area contributed by atoms with Gasteiger partial charge in [0, 0.05) is 16.9 Å². The van der Waals surface area contributed by atoms with Gasteiger partial charge >= 0.3 is 0 Å². The summed E-state index contributed by atoms with van der Waals surface area (Å²) in [5.74, 6) is -1.53. The van der Waals surface area contributed by atoms with Gasteiger partial charge in [-0.05, 0) is 30.9 Å². The van der Waals surface area contributed by atoms with E-state index in [1.165, 1.54) is 6.07 Å². The van der Waals surface area contributed by atoms with Crippen LogP contribution in [0.15, 0.2) is 18.2 Å². The second kappa shape index (κ2) is 5.34. The minimum Gasteiger partial charge on any atom is -0.350 e.